The molecule has 1 aromatic heterocycles. The summed E-state index contributed by atoms with van der Waals surface area (Å²) in [5.41, 5.74) is 0.929. The van der Waals surface area contributed by atoms with Crippen LogP contribution >= 0.6 is 11.3 Å². The highest BCUT2D eigenvalue weighted by Gasteiger charge is 2.21. The first-order valence-corrected chi connectivity index (χ1v) is 8.79. The first-order chi connectivity index (χ1) is 12.2. The number of nitrogens with one attached hydrogen (secondary N) is 1. The van der Waals surface area contributed by atoms with Crippen molar-refractivity contribution < 1.29 is 19.1 Å². The predicted molar refractivity (Wildman–Crippen MR) is 93.0 cm³/mol. The first-order valence-electron chi connectivity index (χ1n) is 7.91. The fourth-order valence-corrected chi connectivity index (χ4v) is 3.15. The lowest BCUT2D eigenvalue weighted by Gasteiger charge is -2.25. The van der Waals surface area contributed by atoms with Crippen LogP contribution in [0.25, 0.3) is 0 Å². The lowest BCUT2D eigenvalue weighted by Crippen LogP contribution is -2.40. The zero-order chi connectivity index (χ0) is 17.6. The van der Waals surface area contributed by atoms with Crippen LogP contribution in [0.1, 0.15) is 25.9 Å². The molecule has 1 saturated heterocycles. The van der Waals surface area contributed by atoms with E-state index in [1.807, 2.05) is 0 Å². The Morgan fingerprint density at radius 3 is 2.92 bits per heavy atom. The van der Waals surface area contributed by atoms with Gasteiger partial charge in [0.25, 0.3) is 11.8 Å². The summed E-state index contributed by atoms with van der Waals surface area (Å²) < 4.78 is 10.4. The lowest BCUT2D eigenvalue weighted by molar-refractivity contribution is 0.0299. The molecule has 2 amide bonds. The molecule has 25 heavy (non-hydrogen) atoms. The average molecular weight is 361 g/mol. The number of hydrogen-bond acceptors (Lipinski definition) is 6. The minimum atomic E-state index is -0.213. The third kappa shape index (κ3) is 4.34. The van der Waals surface area contributed by atoms with Gasteiger partial charge in [-0.2, -0.15) is 0 Å². The lowest BCUT2D eigenvalue weighted by atomic mass is 10.2. The number of carbonyl (C=O) groups excluding carboxylic acids is 2. The van der Waals surface area contributed by atoms with Crippen molar-refractivity contribution in [2.75, 3.05) is 33.4 Å². The summed E-state index contributed by atoms with van der Waals surface area (Å²) in [6.07, 6.45) is 0. The topological polar surface area (TPSA) is 80.8 Å². The van der Waals surface area contributed by atoms with E-state index in [1.54, 1.807) is 41.7 Å². The highest BCUT2D eigenvalue weighted by Crippen LogP contribution is 2.15. The third-order valence-corrected chi connectivity index (χ3v) is 4.65. The molecule has 1 aliphatic heterocycles. The number of hydrogen-bond donors (Lipinski definition) is 1. The van der Waals surface area contributed by atoms with Crippen LogP contribution in [-0.2, 0) is 11.3 Å². The maximum absolute atomic E-state index is 12.4. The smallest absolute Gasteiger partial charge is 0.273 e. The van der Waals surface area contributed by atoms with E-state index in [9.17, 15) is 9.59 Å². The van der Waals surface area contributed by atoms with Gasteiger partial charge in [-0.25, -0.2) is 4.98 Å². The van der Waals surface area contributed by atoms with Crippen LogP contribution in [-0.4, -0.2) is 55.1 Å². The predicted octanol–water partition coefficient (Wildman–Crippen LogP) is 1.55. The van der Waals surface area contributed by atoms with E-state index in [0.29, 0.717) is 48.3 Å². The van der Waals surface area contributed by atoms with Gasteiger partial charge in [0.2, 0.25) is 0 Å². The molecule has 0 aliphatic carbocycles. The molecule has 0 unspecified atom stereocenters. The standard InChI is InChI=1S/C17H19N3O4S/c1-23-13-4-2-3-12(9-13)16(21)18-10-15-19-14(11-25-15)17(22)20-5-7-24-8-6-20/h2-4,9,11H,5-8,10H2,1H3,(H,18,21). The Kier molecular flexibility index (Phi) is 5.62. The zero-order valence-corrected chi connectivity index (χ0v) is 14.7. The molecule has 2 aromatic rings. The summed E-state index contributed by atoms with van der Waals surface area (Å²) in [4.78, 5) is 30.6. The number of methoxy groups -OCH3 is 1. The monoisotopic (exact) mass is 361 g/mol. The Hall–Kier alpha value is -2.45. The molecular weight excluding hydrogens is 342 g/mol. The van der Waals surface area contributed by atoms with Crippen molar-refractivity contribution >= 4 is 23.2 Å². The van der Waals surface area contributed by atoms with Crippen LogP contribution in [0.3, 0.4) is 0 Å². The van der Waals surface area contributed by atoms with E-state index in [4.69, 9.17) is 9.47 Å². The molecule has 0 atom stereocenters. The zero-order valence-electron chi connectivity index (χ0n) is 13.9. The highest BCUT2D eigenvalue weighted by molar-refractivity contribution is 7.09. The molecular formula is C17H19N3O4S. The second kappa shape index (κ2) is 8.09. The second-order valence-corrected chi connectivity index (χ2v) is 6.39. The van der Waals surface area contributed by atoms with Gasteiger partial charge < -0.3 is 19.7 Å². The van der Waals surface area contributed by atoms with E-state index in [1.165, 1.54) is 11.3 Å². The maximum Gasteiger partial charge on any atom is 0.273 e. The molecule has 0 bridgehead atoms. The minimum Gasteiger partial charge on any atom is -0.497 e. The number of aromatic nitrogens is 1. The van der Waals surface area contributed by atoms with Gasteiger partial charge in [-0.3, -0.25) is 9.59 Å². The second-order valence-electron chi connectivity index (χ2n) is 5.45. The molecule has 0 radical (unpaired) electrons. The van der Waals surface area contributed by atoms with Gasteiger partial charge in [0.15, 0.2) is 0 Å². The average Bonchev–Trinajstić information content (AvgIpc) is 3.15. The van der Waals surface area contributed by atoms with Crippen LogP contribution in [0.4, 0.5) is 0 Å². The Labute approximate surface area is 149 Å². The van der Waals surface area contributed by atoms with E-state index in [0.717, 1.165) is 0 Å². The van der Waals surface area contributed by atoms with Gasteiger partial charge in [-0.1, -0.05) is 6.07 Å². The van der Waals surface area contributed by atoms with Crippen LogP contribution < -0.4 is 10.1 Å². The quantitative estimate of drug-likeness (QED) is 0.874. The van der Waals surface area contributed by atoms with Crippen molar-refractivity contribution in [2.45, 2.75) is 6.54 Å². The van der Waals surface area contributed by atoms with Crippen molar-refractivity contribution in [2.24, 2.45) is 0 Å². The Morgan fingerprint density at radius 2 is 2.16 bits per heavy atom. The fourth-order valence-electron chi connectivity index (χ4n) is 2.44. The van der Waals surface area contributed by atoms with E-state index in [-0.39, 0.29) is 18.4 Å². The number of thiazole rings is 1. The number of ether oxygens (including phenoxy) is 2. The SMILES string of the molecule is COc1cccc(C(=O)NCc2nc(C(=O)N3CCOCC3)cs2)c1. The van der Waals surface area contributed by atoms with Crippen molar-refractivity contribution in [1.82, 2.24) is 15.2 Å². The molecule has 1 N–H and O–H groups in total. The van der Waals surface area contributed by atoms with Crippen molar-refractivity contribution in [3.05, 3.63) is 45.9 Å². The van der Waals surface area contributed by atoms with Crippen molar-refractivity contribution in [3.8, 4) is 5.75 Å². The van der Waals surface area contributed by atoms with Gasteiger partial charge >= 0.3 is 0 Å². The summed E-state index contributed by atoms with van der Waals surface area (Å²) in [6.45, 7) is 2.55. The maximum atomic E-state index is 12.4. The molecule has 1 fully saturated rings. The summed E-state index contributed by atoms with van der Waals surface area (Å²) in [7, 11) is 1.56. The number of amides is 2. The molecule has 0 saturated carbocycles. The van der Waals surface area contributed by atoms with Crippen molar-refractivity contribution in [3.63, 3.8) is 0 Å². The van der Waals surface area contributed by atoms with Crippen LogP contribution in [0, 0.1) is 0 Å². The van der Waals surface area contributed by atoms with Crippen LogP contribution in [0.2, 0.25) is 0 Å². The van der Waals surface area contributed by atoms with Gasteiger partial charge in [0, 0.05) is 24.0 Å². The van der Waals surface area contributed by atoms with Crippen LogP contribution in [0.5, 0.6) is 5.75 Å². The number of benzene rings is 1. The van der Waals surface area contributed by atoms with E-state index in [2.05, 4.69) is 10.3 Å². The largest absolute Gasteiger partial charge is 0.497 e. The van der Waals surface area contributed by atoms with E-state index < -0.39 is 0 Å². The first kappa shape index (κ1) is 17.4. The molecule has 132 valence electrons. The van der Waals surface area contributed by atoms with Crippen molar-refractivity contribution in [1.29, 1.82) is 0 Å². The highest BCUT2D eigenvalue weighted by atomic mass is 32.1. The summed E-state index contributed by atoms with van der Waals surface area (Å²) in [5.74, 6) is 0.320. The fraction of sp³-hybridized carbons (Fsp3) is 0.353. The molecule has 7 nitrogen and oxygen atoms in total. The normalized spacial score (nSPS) is 14.2. The summed E-state index contributed by atoms with van der Waals surface area (Å²) >= 11 is 1.36. The number of morpholine rings is 1. The molecule has 0 spiro atoms. The molecule has 1 aliphatic rings. The molecule has 2 heterocycles. The van der Waals surface area contributed by atoms with E-state index >= 15 is 0 Å². The molecule has 3 rings (SSSR count). The number of rotatable bonds is 5. The summed E-state index contributed by atoms with van der Waals surface area (Å²) in [6, 6.07) is 6.93. The van der Waals surface area contributed by atoms with Gasteiger partial charge in [0.05, 0.1) is 26.9 Å². The number of nitrogens with zero attached hydrogens (tertiary/aromatic N) is 2. The van der Waals surface area contributed by atoms with Gasteiger partial charge in [-0.05, 0) is 18.2 Å². The number of carbonyl (C=O) groups is 2. The molecule has 8 heteroatoms. The minimum absolute atomic E-state index is 0.0927. The Morgan fingerprint density at radius 1 is 1.36 bits per heavy atom. The van der Waals surface area contributed by atoms with Gasteiger partial charge in [0.1, 0.15) is 16.5 Å². The Bertz CT molecular complexity index is 756. The third-order valence-electron chi connectivity index (χ3n) is 3.80. The Balaban J connectivity index is 1.57. The van der Waals surface area contributed by atoms with Crippen LogP contribution in [0.15, 0.2) is 29.6 Å². The summed E-state index contributed by atoms with van der Waals surface area (Å²) in [5, 5.41) is 5.22. The van der Waals surface area contributed by atoms with Gasteiger partial charge in [-0.15, -0.1) is 11.3 Å². The molecule has 1 aromatic carbocycles.